The highest BCUT2D eigenvalue weighted by molar-refractivity contribution is 5.59. The van der Waals surface area contributed by atoms with Crippen molar-refractivity contribution >= 4 is 17.3 Å². The standard InChI is InChI=1S/C13H15FN4/c1-3-15-12-8-13(17-9(2)16-12)18-11-6-4-10(14)5-7-11/h4-8H,3H2,1-2H3,(H2,15,16,17,18). The van der Waals surface area contributed by atoms with Crippen LogP contribution in [0.2, 0.25) is 0 Å². The predicted molar refractivity (Wildman–Crippen MR) is 70.6 cm³/mol. The summed E-state index contributed by atoms with van der Waals surface area (Å²) in [6.07, 6.45) is 0. The van der Waals surface area contributed by atoms with Crippen LogP contribution in [0, 0.1) is 12.7 Å². The quantitative estimate of drug-likeness (QED) is 0.870. The molecule has 0 unspecified atom stereocenters. The van der Waals surface area contributed by atoms with Gasteiger partial charge in [-0.15, -0.1) is 0 Å². The Kier molecular flexibility index (Phi) is 3.72. The second-order valence-electron chi connectivity index (χ2n) is 3.85. The van der Waals surface area contributed by atoms with Gasteiger partial charge in [0.05, 0.1) is 0 Å². The van der Waals surface area contributed by atoms with E-state index >= 15 is 0 Å². The van der Waals surface area contributed by atoms with Gasteiger partial charge in [-0.25, -0.2) is 14.4 Å². The van der Waals surface area contributed by atoms with Crippen LogP contribution < -0.4 is 10.6 Å². The summed E-state index contributed by atoms with van der Waals surface area (Å²) < 4.78 is 12.8. The molecule has 0 atom stereocenters. The van der Waals surface area contributed by atoms with Crippen LogP contribution in [0.4, 0.5) is 21.7 Å². The van der Waals surface area contributed by atoms with Gasteiger partial charge >= 0.3 is 0 Å². The Labute approximate surface area is 105 Å². The number of halogens is 1. The molecule has 5 heteroatoms. The van der Waals surface area contributed by atoms with Gasteiger partial charge in [0, 0.05) is 18.3 Å². The van der Waals surface area contributed by atoms with Gasteiger partial charge in [0.25, 0.3) is 0 Å². The molecule has 0 saturated heterocycles. The molecule has 2 N–H and O–H groups in total. The Morgan fingerprint density at radius 2 is 1.78 bits per heavy atom. The summed E-state index contributed by atoms with van der Waals surface area (Å²) in [5.74, 6) is 1.88. The molecule has 94 valence electrons. The minimum Gasteiger partial charge on any atom is -0.370 e. The van der Waals surface area contributed by atoms with Crippen molar-refractivity contribution in [2.75, 3.05) is 17.2 Å². The maximum atomic E-state index is 12.8. The number of aromatic nitrogens is 2. The number of nitrogens with one attached hydrogen (secondary N) is 2. The first-order chi connectivity index (χ1) is 8.67. The Morgan fingerprint density at radius 3 is 2.44 bits per heavy atom. The van der Waals surface area contributed by atoms with Gasteiger partial charge in [0.2, 0.25) is 0 Å². The zero-order chi connectivity index (χ0) is 13.0. The van der Waals surface area contributed by atoms with E-state index in [0.717, 1.165) is 18.1 Å². The van der Waals surface area contributed by atoms with Crippen LogP contribution >= 0.6 is 0 Å². The summed E-state index contributed by atoms with van der Waals surface area (Å²) in [5.41, 5.74) is 0.789. The summed E-state index contributed by atoms with van der Waals surface area (Å²) in [6, 6.07) is 7.96. The van der Waals surface area contributed by atoms with Gasteiger partial charge in [0.1, 0.15) is 23.3 Å². The summed E-state index contributed by atoms with van der Waals surface area (Å²) in [4.78, 5) is 8.53. The molecule has 0 radical (unpaired) electrons. The van der Waals surface area contributed by atoms with Gasteiger partial charge in [-0.3, -0.25) is 0 Å². The molecule has 2 rings (SSSR count). The van der Waals surface area contributed by atoms with Gasteiger partial charge in [-0.2, -0.15) is 0 Å². The summed E-state index contributed by atoms with van der Waals surface area (Å²) in [6.45, 7) is 4.63. The maximum absolute atomic E-state index is 12.8. The zero-order valence-electron chi connectivity index (χ0n) is 10.4. The first-order valence-corrected chi connectivity index (χ1v) is 5.79. The molecule has 1 heterocycles. The van der Waals surface area contributed by atoms with E-state index in [-0.39, 0.29) is 5.82 Å². The number of aryl methyl sites for hydroxylation is 1. The van der Waals surface area contributed by atoms with Crippen molar-refractivity contribution in [2.45, 2.75) is 13.8 Å². The third-order valence-corrected chi connectivity index (χ3v) is 2.31. The van der Waals surface area contributed by atoms with E-state index in [0.29, 0.717) is 11.6 Å². The van der Waals surface area contributed by atoms with Gasteiger partial charge < -0.3 is 10.6 Å². The van der Waals surface area contributed by atoms with Gasteiger partial charge in [-0.05, 0) is 38.1 Å². The highest BCUT2D eigenvalue weighted by Gasteiger charge is 2.01. The second kappa shape index (κ2) is 5.44. The van der Waals surface area contributed by atoms with E-state index in [1.165, 1.54) is 12.1 Å². The molecule has 0 amide bonds. The molecule has 0 aliphatic heterocycles. The molecule has 1 aromatic carbocycles. The first-order valence-electron chi connectivity index (χ1n) is 5.79. The third kappa shape index (κ3) is 3.16. The number of anilines is 3. The van der Waals surface area contributed by atoms with Crippen molar-refractivity contribution < 1.29 is 4.39 Å². The predicted octanol–water partition coefficient (Wildman–Crippen LogP) is 3.10. The van der Waals surface area contributed by atoms with Crippen LogP contribution in [0.25, 0.3) is 0 Å². The summed E-state index contributed by atoms with van der Waals surface area (Å²) in [5, 5.41) is 6.25. The van der Waals surface area contributed by atoms with E-state index in [1.807, 2.05) is 19.9 Å². The smallest absolute Gasteiger partial charge is 0.136 e. The molecule has 2 aromatic rings. The highest BCUT2D eigenvalue weighted by atomic mass is 19.1. The van der Waals surface area contributed by atoms with Crippen molar-refractivity contribution in [3.63, 3.8) is 0 Å². The molecule has 0 fully saturated rings. The number of benzene rings is 1. The van der Waals surface area contributed by atoms with Crippen molar-refractivity contribution in [3.8, 4) is 0 Å². The average Bonchev–Trinajstić information content (AvgIpc) is 2.32. The van der Waals surface area contributed by atoms with Crippen LogP contribution in [0.5, 0.6) is 0 Å². The average molecular weight is 246 g/mol. The molecule has 18 heavy (non-hydrogen) atoms. The fourth-order valence-electron chi connectivity index (χ4n) is 1.58. The number of hydrogen-bond acceptors (Lipinski definition) is 4. The molecule has 0 saturated carbocycles. The van der Waals surface area contributed by atoms with E-state index in [2.05, 4.69) is 20.6 Å². The first kappa shape index (κ1) is 12.3. The lowest BCUT2D eigenvalue weighted by molar-refractivity contribution is 0.628. The molecule has 0 aliphatic carbocycles. The minimum atomic E-state index is -0.257. The van der Waals surface area contributed by atoms with Crippen LogP contribution in [-0.2, 0) is 0 Å². The monoisotopic (exact) mass is 246 g/mol. The Bertz CT molecular complexity index is 525. The zero-order valence-corrected chi connectivity index (χ0v) is 10.4. The van der Waals surface area contributed by atoms with Gasteiger partial charge in [-0.1, -0.05) is 0 Å². The molecule has 1 aromatic heterocycles. The fourth-order valence-corrected chi connectivity index (χ4v) is 1.58. The molecular weight excluding hydrogens is 231 g/mol. The van der Waals surface area contributed by atoms with Crippen LogP contribution in [0.1, 0.15) is 12.7 Å². The topological polar surface area (TPSA) is 49.8 Å². The van der Waals surface area contributed by atoms with E-state index in [4.69, 9.17) is 0 Å². The van der Waals surface area contributed by atoms with Crippen molar-refractivity contribution in [1.82, 2.24) is 9.97 Å². The largest absolute Gasteiger partial charge is 0.370 e. The summed E-state index contributed by atoms with van der Waals surface area (Å²) in [7, 11) is 0. The Morgan fingerprint density at radius 1 is 1.11 bits per heavy atom. The van der Waals surface area contributed by atoms with Crippen molar-refractivity contribution in [1.29, 1.82) is 0 Å². The Balaban J connectivity index is 2.20. The van der Waals surface area contributed by atoms with E-state index in [1.54, 1.807) is 12.1 Å². The molecule has 0 aliphatic rings. The SMILES string of the molecule is CCNc1cc(Nc2ccc(F)cc2)nc(C)n1. The number of nitrogens with zero attached hydrogens (tertiary/aromatic N) is 2. The van der Waals surface area contributed by atoms with E-state index < -0.39 is 0 Å². The Hall–Kier alpha value is -2.17. The lowest BCUT2D eigenvalue weighted by atomic mass is 10.3. The van der Waals surface area contributed by atoms with Crippen LogP contribution in [-0.4, -0.2) is 16.5 Å². The number of hydrogen-bond donors (Lipinski definition) is 2. The lowest BCUT2D eigenvalue weighted by Crippen LogP contribution is -2.04. The second-order valence-corrected chi connectivity index (χ2v) is 3.85. The maximum Gasteiger partial charge on any atom is 0.136 e. The summed E-state index contributed by atoms with van der Waals surface area (Å²) >= 11 is 0. The van der Waals surface area contributed by atoms with Crippen LogP contribution in [0.3, 0.4) is 0 Å². The normalized spacial score (nSPS) is 10.2. The van der Waals surface area contributed by atoms with Crippen molar-refractivity contribution in [2.24, 2.45) is 0 Å². The van der Waals surface area contributed by atoms with E-state index in [9.17, 15) is 4.39 Å². The third-order valence-electron chi connectivity index (χ3n) is 2.31. The molecule has 0 spiro atoms. The lowest BCUT2D eigenvalue weighted by Gasteiger charge is -2.09. The van der Waals surface area contributed by atoms with Crippen LogP contribution in [0.15, 0.2) is 30.3 Å². The molecule has 0 bridgehead atoms. The molecule has 4 nitrogen and oxygen atoms in total. The number of rotatable bonds is 4. The minimum absolute atomic E-state index is 0.257. The fraction of sp³-hybridized carbons (Fsp3) is 0.231. The molecular formula is C13H15FN4. The highest BCUT2D eigenvalue weighted by Crippen LogP contribution is 2.17. The van der Waals surface area contributed by atoms with Gasteiger partial charge in [0.15, 0.2) is 0 Å². The van der Waals surface area contributed by atoms with Crippen molar-refractivity contribution in [3.05, 3.63) is 42.0 Å².